The number of aromatic nitrogens is 3. The highest BCUT2D eigenvalue weighted by molar-refractivity contribution is 5.88. The zero-order valence-electron chi connectivity index (χ0n) is 27.5. The Labute approximate surface area is 261 Å². The number of anilines is 1. The second-order valence-electron chi connectivity index (χ2n) is 14.0. The van der Waals surface area contributed by atoms with Crippen LogP contribution in [0.4, 0.5) is 5.69 Å². The second kappa shape index (κ2) is 12.4. The van der Waals surface area contributed by atoms with Crippen LogP contribution in [0.1, 0.15) is 87.2 Å². The van der Waals surface area contributed by atoms with Crippen LogP contribution in [0.15, 0.2) is 30.6 Å². The van der Waals surface area contributed by atoms with Crippen molar-refractivity contribution in [2.45, 2.75) is 92.5 Å². The highest BCUT2D eigenvalue weighted by Crippen LogP contribution is 2.45. The van der Waals surface area contributed by atoms with Crippen LogP contribution in [-0.2, 0) is 29.0 Å². The second-order valence-corrected chi connectivity index (χ2v) is 14.0. The standard InChI is InChI=1S/C35H47N5O4/c1-22-28(26-9-10-27-21-39(14-11-25(27)17-26)20-24-18-36-33(43-8)37-19-24)30(40-15-12-35(6,7)13-16-40)29(23(2)38-22)31(32(41)42)44-34(3,4)5/h9-10,17-19,31H,11-16,20-21H2,1-8H3,(H,41,42)/t31-/m0/s1. The molecule has 1 aromatic carbocycles. The maximum absolute atomic E-state index is 12.8. The molecule has 1 atom stereocenters. The molecule has 2 aromatic heterocycles. The molecule has 5 rings (SSSR count). The van der Waals surface area contributed by atoms with E-state index in [-0.39, 0.29) is 5.41 Å². The van der Waals surface area contributed by atoms with Crippen molar-refractivity contribution in [1.82, 2.24) is 19.9 Å². The highest BCUT2D eigenvalue weighted by Gasteiger charge is 2.36. The zero-order chi connectivity index (χ0) is 31.8. The Morgan fingerprint density at radius 1 is 1.05 bits per heavy atom. The molecule has 0 spiro atoms. The van der Waals surface area contributed by atoms with E-state index in [4.69, 9.17) is 14.5 Å². The Hall–Kier alpha value is -3.56. The molecule has 0 saturated carbocycles. The number of piperidine rings is 1. The monoisotopic (exact) mass is 601 g/mol. The fraction of sp³-hybridized carbons (Fsp3) is 0.543. The van der Waals surface area contributed by atoms with Gasteiger partial charge >= 0.3 is 12.0 Å². The van der Waals surface area contributed by atoms with Crippen LogP contribution in [0, 0.1) is 19.3 Å². The van der Waals surface area contributed by atoms with Crippen LogP contribution in [0.3, 0.4) is 0 Å². The van der Waals surface area contributed by atoms with Gasteiger partial charge in [0.05, 0.1) is 18.4 Å². The minimum atomic E-state index is -1.13. The van der Waals surface area contributed by atoms with Gasteiger partial charge in [-0.25, -0.2) is 14.8 Å². The van der Waals surface area contributed by atoms with Crippen molar-refractivity contribution >= 4 is 11.7 Å². The molecule has 0 amide bonds. The van der Waals surface area contributed by atoms with Crippen molar-refractivity contribution < 1.29 is 19.4 Å². The molecule has 4 heterocycles. The van der Waals surface area contributed by atoms with Crippen LogP contribution < -0.4 is 9.64 Å². The van der Waals surface area contributed by atoms with Crippen LogP contribution in [0.5, 0.6) is 6.01 Å². The van der Waals surface area contributed by atoms with E-state index < -0.39 is 17.7 Å². The Morgan fingerprint density at radius 3 is 2.34 bits per heavy atom. The first kappa shape index (κ1) is 31.9. The number of hydrogen-bond acceptors (Lipinski definition) is 8. The largest absolute Gasteiger partial charge is 0.479 e. The fourth-order valence-corrected chi connectivity index (χ4v) is 6.45. The van der Waals surface area contributed by atoms with Gasteiger partial charge in [0.1, 0.15) is 0 Å². The van der Waals surface area contributed by atoms with E-state index in [1.807, 2.05) is 47.0 Å². The van der Waals surface area contributed by atoms with Gasteiger partial charge in [-0.15, -0.1) is 0 Å². The van der Waals surface area contributed by atoms with Gasteiger partial charge in [0.2, 0.25) is 0 Å². The zero-order valence-corrected chi connectivity index (χ0v) is 27.5. The van der Waals surface area contributed by atoms with E-state index in [0.29, 0.717) is 17.3 Å². The minimum absolute atomic E-state index is 0.248. The van der Waals surface area contributed by atoms with Crippen LogP contribution >= 0.6 is 0 Å². The average molecular weight is 602 g/mol. The summed E-state index contributed by atoms with van der Waals surface area (Å²) >= 11 is 0. The lowest BCUT2D eigenvalue weighted by molar-refractivity contribution is -0.160. The molecule has 44 heavy (non-hydrogen) atoms. The average Bonchev–Trinajstić information content (AvgIpc) is 2.95. The van der Waals surface area contributed by atoms with E-state index >= 15 is 0 Å². The van der Waals surface area contributed by atoms with E-state index in [1.165, 1.54) is 11.1 Å². The number of fused-ring (bicyclic) bond motifs is 1. The Morgan fingerprint density at radius 2 is 1.73 bits per heavy atom. The molecule has 3 aromatic rings. The SMILES string of the molecule is COc1ncc(CN2CCc3cc(-c4c(C)nc(C)c([C@H](OC(C)(C)C)C(=O)O)c4N4CCC(C)(C)CC4)ccc3C2)cn1. The molecular formula is C35H47N5O4. The third-order valence-electron chi connectivity index (χ3n) is 8.83. The summed E-state index contributed by atoms with van der Waals surface area (Å²) < 4.78 is 11.3. The summed E-state index contributed by atoms with van der Waals surface area (Å²) in [5.41, 5.74) is 8.60. The van der Waals surface area contributed by atoms with Gasteiger partial charge in [-0.1, -0.05) is 32.0 Å². The van der Waals surface area contributed by atoms with Gasteiger partial charge in [0, 0.05) is 73.2 Å². The van der Waals surface area contributed by atoms with Gasteiger partial charge < -0.3 is 19.5 Å². The van der Waals surface area contributed by atoms with Crippen molar-refractivity contribution in [3.05, 3.63) is 64.2 Å². The molecule has 2 aliphatic heterocycles. The molecule has 2 aliphatic rings. The number of benzene rings is 1. The summed E-state index contributed by atoms with van der Waals surface area (Å²) in [6, 6.07) is 7.08. The number of methoxy groups -OCH3 is 1. The van der Waals surface area contributed by atoms with Gasteiger partial charge in [0.25, 0.3) is 0 Å². The molecular weight excluding hydrogens is 554 g/mol. The summed E-state index contributed by atoms with van der Waals surface area (Å²) in [4.78, 5) is 31.1. The number of rotatable bonds is 8. The van der Waals surface area contributed by atoms with Gasteiger partial charge in [0.15, 0.2) is 6.10 Å². The number of aliphatic carboxylic acids is 1. The molecule has 9 heteroatoms. The van der Waals surface area contributed by atoms with Gasteiger partial charge in [-0.3, -0.25) is 9.88 Å². The maximum atomic E-state index is 12.8. The lowest BCUT2D eigenvalue weighted by atomic mass is 9.81. The number of pyridine rings is 1. The molecule has 236 valence electrons. The number of ether oxygens (including phenoxy) is 2. The smallest absolute Gasteiger partial charge is 0.337 e. The molecule has 0 aliphatic carbocycles. The molecule has 1 N–H and O–H groups in total. The maximum Gasteiger partial charge on any atom is 0.337 e. The predicted octanol–water partition coefficient (Wildman–Crippen LogP) is 6.29. The van der Waals surface area contributed by atoms with Crippen LogP contribution in [0.2, 0.25) is 0 Å². The number of aryl methyl sites for hydroxylation is 2. The first-order valence-electron chi connectivity index (χ1n) is 15.6. The molecule has 1 saturated heterocycles. The Bertz CT molecular complexity index is 1500. The number of carbonyl (C=O) groups is 1. The quantitative estimate of drug-likeness (QED) is 0.319. The summed E-state index contributed by atoms with van der Waals surface area (Å²) in [7, 11) is 1.57. The lowest BCUT2D eigenvalue weighted by Crippen LogP contribution is -2.39. The topological polar surface area (TPSA) is 101 Å². The summed E-state index contributed by atoms with van der Waals surface area (Å²) in [6.45, 7) is 18.5. The highest BCUT2D eigenvalue weighted by atomic mass is 16.5. The van der Waals surface area contributed by atoms with Crippen molar-refractivity contribution in [3.8, 4) is 17.1 Å². The number of carboxylic acids is 1. The normalized spacial score (nSPS) is 17.7. The van der Waals surface area contributed by atoms with Gasteiger partial charge in [-0.2, -0.15) is 0 Å². The van der Waals surface area contributed by atoms with Crippen molar-refractivity contribution in [2.24, 2.45) is 5.41 Å². The Kier molecular flexibility index (Phi) is 9.01. The summed E-state index contributed by atoms with van der Waals surface area (Å²) in [5.74, 6) is -0.994. The molecule has 0 bridgehead atoms. The number of hydrogen-bond donors (Lipinski definition) is 1. The van der Waals surface area contributed by atoms with Crippen LogP contribution in [-0.4, -0.2) is 63.3 Å². The van der Waals surface area contributed by atoms with Crippen molar-refractivity contribution in [3.63, 3.8) is 0 Å². The Balaban J connectivity index is 1.54. The summed E-state index contributed by atoms with van der Waals surface area (Å²) in [6.07, 6.45) is 5.51. The van der Waals surface area contributed by atoms with E-state index in [1.54, 1.807) is 7.11 Å². The lowest BCUT2D eigenvalue weighted by Gasteiger charge is -2.41. The van der Waals surface area contributed by atoms with Crippen molar-refractivity contribution in [2.75, 3.05) is 31.6 Å². The number of nitrogens with zero attached hydrogens (tertiary/aromatic N) is 5. The molecule has 0 radical (unpaired) electrons. The van der Waals surface area contributed by atoms with E-state index in [0.717, 1.165) is 80.1 Å². The first-order chi connectivity index (χ1) is 20.7. The molecule has 9 nitrogen and oxygen atoms in total. The predicted molar refractivity (Wildman–Crippen MR) is 172 cm³/mol. The molecule has 0 unspecified atom stereocenters. The summed E-state index contributed by atoms with van der Waals surface area (Å²) in [5, 5.41) is 10.5. The van der Waals surface area contributed by atoms with Gasteiger partial charge in [-0.05, 0) is 76.0 Å². The number of carboxylic acid groups (broad SMARTS) is 1. The van der Waals surface area contributed by atoms with Crippen LogP contribution in [0.25, 0.3) is 11.1 Å². The van der Waals surface area contributed by atoms with Crippen molar-refractivity contribution in [1.29, 1.82) is 0 Å². The van der Waals surface area contributed by atoms with E-state index in [9.17, 15) is 9.90 Å². The minimum Gasteiger partial charge on any atom is -0.479 e. The molecule has 1 fully saturated rings. The first-order valence-corrected chi connectivity index (χ1v) is 15.6. The van der Waals surface area contributed by atoms with E-state index in [2.05, 4.69) is 51.8 Å². The fourth-order valence-electron chi connectivity index (χ4n) is 6.45. The third kappa shape index (κ3) is 7.05. The third-order valence-corrected chi connectivity index (χ3v) is 8.83.